The van der Waals surface area contributed by atoms with Gasteiger partial charge in [-0.2, -0.15) is 0 Å². The van der Waals surface area contributed by atoms with Crippen molar-refractivity contribution in [2.75, 3.05) is 38.3 Å². The van der Waals surface area contributed by atoms with Gasteiger partial charge in [-0.1, -0.05) is 19.9 Å². The van der Waals surface area contributed by atoms with Crippen LogP contribution in [0.25, 0.3) is 0 Å². The van der Waals surface area contributed by atoms with E-state index in [2.05, 4.69) is 47.3 Å². The number of aromatic nitrogens is 1. The van der Waals surface area contributed by atoms with Gasteiger partial charge in [-0.25, -0.2) is 0 Å². The van der Waals surface area contributed by atoms with Crippen molar-refractivity contribution in [3.05, 3.63) is 35.7 Å². The maximum Gasteiger partial charge on any atom is 0.0674 e. The van der Waals surface area contributed by atoms with Gasteiger partial charge < -0.3 is 15.0 Å². The fourth-order valence-corrected chi connectivity index (χ4v) is 2.51. The molecule has 0 atom stereocenters. The van der Waals surface area contributed by atoms with Crippen molar-refractivity contribution in [1.29, 1.82) is 0 Å². The highest BCUT2D eigenvalue weighted by molar-refractivity contribution is 5.48. The highest BCUT2D eigenvalue weighted by Gasteiger charge is 2.12. The Hall–Kier alpha value is -1.39. The van der Waals surface area contributed by atoms with E-state index in [0.717, 1.165) is 44.9 Å². The Balaban J connectivity index is 1.92. The molecule has 116 valence electrons. The molecule has 0 spiro atoms. The lowest BCUT2D eigenvalue weighted by Crippen LogP contribution is -2.29. The first-order valence-corrected chi connectivity index (χ1v) is 7.76. The number of pyridine rings is 1. The molecule has 4 nitrogen and oxygen atoms in total. The second kappa shape index (κ2) is 8.15. The minimum Gasteiger partial charge on any atom is -0.380 e. The lowest BCUT2D eigenvalue weighted by atomic mass is 10.1. The number of nitrogens with one attached hydrogen (secondary N) is 1. The van der Waals surface area contributed by atoms with Gasteiger partial charge in [0, 0.05) is 38.6 Å². The normalized spacial score (nSPS) is 15.4. The molecule has 0 saturated carbocycles. The molecule has 1 aromatic rings. The van der Waals surface area contributed by atoms with Crippen molar-refractivity contribution in [3.8, 4) is 0 Å². The first kappa shape index (κ1) is 16.0. The summed E-state index contributed by atoms with van der Waals surface area (Å²) in [4.78, 5) is 6.85. The Morgan fingerprint density at radius 3 is 2.95 bits per heavy atom. The zero-order valence-corrected chi connectivity index (χ0v) is 13.4. The highest BCUT2D eigenvalue weighted by Crippen LogP contribution is 2.20. The Labute approximate surface area is 128 Å². The molecule has 1 aromatic heterocycles. The highest BCUT2D eigenvalue weighted by atomic mass is 16.5. The van der Waals surface area contributed by atoms with E-state index in [1.165, 1.54) is 11.3 Å². The lowest BCUT2D eigenvalue weighted by molar-refractivity contribution is 0.222. The molecule has 0 aromatic carbocycles. The van der Waals surface area contributed by atoms with Crippen molar-refractivity contribution < 1.29 is 4.74 Å². The van der Waals surface area contributed by atoms with Gasteiger partial charge in [0.15, 0.2) is 0 Å². The summed E-state index contributed by atoms with van der Waals surface area (Å²) >= 11 is 0. The van der Waals surface area contributed by atoms with E-state index in [1.54, 1.807) is 7.11 Å². The van der Waals surface area contributed by atoms with Crippen molar-refractivity contribution >= 4 is 5.69 Å². The molecule has 0 saturated heterocycles. The van der Waals surface area contributed by atoms with Crippen LogP contribution in [0.3, 0.4) is 0 Å². The van der Waals surface area contributed by atoms with Crippen LogP contribution in [-0.4, -0.2) is 38.3 Å². The van der Waals surface area contributed by atoms with Crippen LogP contribution in [0.1, 0.15) is 26.0 Å². The van der Waals surface area contributed by atoms with Crippen LogP contribution in [0.15, 0.2) is 30.0 Å². The SMILES string of the molecule is COCC1=CCN(c2ccnc(CNCC(C)C)c2)CC1. The van der Waals surface area contributed by atoms with E-state index in [0.29, 0.717) is 5.92 Å². The summed E-state index contributed by atoms with van der Waals surface area (Å²) in [6.45, 7) is 9.07. The second-order valence-electron chi connectivity index (χ2n) is 6.02. The topological polar surface area (TPSA) is 37.4 Å². The van der Waals surface area contributed by atoms with Crippen molar-refractivity contribution in [2.24, 2.45) is 5.92 Å². The molecular weight excluding hydrogens is 262 g/mol. The summed E-state index contributed by atoms with van der Waals surface area (Å²) in [5.41, 5.74) is 3.78. The van der Waals surface area contributed by atoms with Crippen LogP contribution in [0.4, 0.5) is 5.69 Å². The van der Waals surface area contributed by atoms with Gasteiger partial charge in [-0.3, -0.25) is 4.98 Å². The van der Waals surface area contributed by atoms with Gasteiger partial charge in [0.1, 0.15) is 0 Å². The van der Waals surface area contributed by atoms with Crippen molar-refractivity contribution in [3.63, 3.8) is 0 Å². The Bertz CT molecular complexity index is 471. The summed E-state index contributed by atoms with van der Waals surface area (Å²) in [6, 6.07) is 4.30. The standard InChI is InChI=1S/C17H27N3O/c1-14(2)11-18-12-16-10-17(4-7-19-16)20-8-5-15(6-9-20)13-21-3/h4-5,7,10,14,18H,6,8-9,11-13H2,1-3H3. The van der Waals surface area contributed by atoms with Gasteiger partial charge in [-0.05, 0) is 36.6 Å². The van der Waals surface area contributed by atoms with Crippen molar-refractivity contribution in [1.82, 2.24) is 10.3 Å². The first-order valence-electron chi connectivity index (χ1n) is 7.76. The third-order valence-electron chi connectivity index (χ3n) is 3.66. The second-order valence-corrected chi connectivity index (χ2v) is 6.02. The number of hydrogen-bond donors (Lipinski definition) is 1. The smallest absolute Gasteiger partial charge is 0.0674 e. The predicted octanol–water partition coefficient (Wildman–Crippen LogP) is 2.61. The third-order valence-corrected chi connectivity index (χ3v) is 3.66. The van der Waals surface area contributed by atoms with Gasteiger partial charge in [0.25, 0.3) is 0 Å². The van der Waals surface area contributed by atoms with Gasteiger partial charge in [0.2, 0.25) is 0 Å². The van der Waals surface area contributed by atoms with E-state index < -0.39 is 0 Å². The minimum absolute atomic E-state index is 0.666. The van der Waals surface area contributed by atoms with Crippen LogP contribution >= 0.6 is 0 Å². The van der Waals surface area contributed by atoms with Crippen LogP contribution in [0, 0.1) is 5.92 Å². The van der Waals surface area contributed by atoms with Gasteiger partial charge in [0.05, 0.1) is 12.3 Å². The monoisotopic (exact) mass is 289 g/mol. The molecule has 0 radical (unpaired) electrons. The number of ether oxygens (including phenoxy) is 1. The largest absolute Gasteiger partial charge is 0.380 e. The lowest BCUT2D eigenvalue weighted by Gasteiger charge is -2.28. The number of rotatable bonds is 7. The predicted molar refractivity (Wildman–Crippen MR) is 87.6 cm³/mol. The van der Waals surface area contributed by atoms with Crippen molar-refractivity contribution in [2.45, 2.75) is 26.8 Å². The number of methoxy groups -OCH3 is 1. The molecule has 2 rings (SSSR count). The van der Waals surface area contributed by atoms with Gasteiger partial charge >= 0.3 is 0 Å². The number of nitrogens with zero attached hydrogens (tertiary/aromatic N) is 2. The summed E-state index contributed by atoms with van der Waals surface area (Å²) in [5, 5.41) is 3.45. The maximum absolute atomic E-state index is 5.20. The molecule has 0 unspecified atom stereocenters. The molecule has 1 aliphatic heterocycles. The van der Waals surface area contributed by atoms with Crippen LogP contribution in [0.5, 0.6) is 0 Å². The fourth-order valence-electron chi connectivity index (χ4n) is 2.51. The van der Waals surface area contributed by atoms with Crippen LogP contribution in [-0.2, 0) is 11.3 Å². The average Bonchev–Trinajstić information content (AvgIpc) is 2.48. The molecule has 0 bridgehead atoms. The Kier molecular flexibility index (Phi) is 6.21. The molecule has 0 amide bonds. The van der Waals surface area contributed by atoms with Crippen LogP contribution in [0.2, 0.25) is 0 Å². The molecule has 1 aliphatic rings. The summed E-state index contributed by atoms with van der Waals surface area (Å²) in [5.74, 6) is 0.666. The van der Waals surface area contributed by atoms with Crippen LogP contribution < -0.4 is 10.2 Å². The van der Waals surface area contributed by atoms with E-state index in [1.807, 2.05) is 6.20 Å². The Morgan fingerprint density at radius 2 is 2.29 bits per heavy atom. The van der Waals surface area contributed by atoms with E-state index in [-0.39, 0.29) is 0 Å². The van der Waals surface area contributed by atoms with E-state index in [4.69, 9.17) is 4.74 Å². The summed E-state index contributed by atoms with van der Waals surface area (Å²) in [7, 11) is 1.76. The molecule has 0 fully saturated rings. The minimum atomic E-state index is 0.666. The Morgan fingerprint density at radius 1 is 1.43 bits per heavy atom. The molecule has 1 N–H and O–H groups in total. The van der Waals surface area contributed by atoms with Gasteiger partial charge in [-0.15, -0.1) is 0 Å². The molecular formula is C17H27N3O. The molecule has 0 aliphatic carbocycles. The third kappa shape index (κ3) is 5.14. The summed E-state index contributed by atoms with van der Waals surface area (Å²) < 4.78 is 5.20. The number of anilines is 1. The number of hydrogen-bond acceptors (Lipinski definition) is 4. The average molecular weight is 289 g/mol. The molecule has 2 heterocycles. The quantitative estimate of drug-likeness (QED) is 0.783. The van der Waals surface area contributed by atoms with E-state index >= 15 is 0 Å². The fraction of sp³-hybridized carbons (Fsp3) is 0.588. The molecule has 21 heavy (non-hydrogen) atoms. The zero-order valence-electron chi connectivity index (χ0n) is 13.4. The maximum atomic E-state index is 5.20. The first-order chi connectivity index (χ1) is 10.2. The summed E-state index contributed by atoms with van der Waals surface area (Å²) in [6.07, 6.45) is 5.28. The zero-order chi connectivity index (χ0) is 15.1. The van der Waals surface area contributed by atoms with E-state index in [9.17, 15) is 0 Å². The molecule has 4 heteroatoms.